The minimum Gasteiger partial charge on any atom is -0.468 e. The standard InChI is InChI=1S/C14H13NO2S3/c1-15-9-6-4-3-5-8(9)11(12(15)18)14-19-7-10(20-14)13(16)17-2/h3-6,10H,7H2,1-2H3/b14-11+. The number of methoxy groups -OCH3 is 1. The van der Waals surface area contributed by atoms with Gasteiger partial charge < -0.3 is 9.64 Å². The second kappa shape index (κ2) is 5.42. The zero-order valence-electron chi connectivity index (χ0n) is 11.1. The second-order valence-corrected chi connectivity index (χ2v) is 7.37. The molecule has 1 aromatic rings. The Morgan fingerprint density at radius 3 is 2.95 bits per heavy atom. The number of rotatable bonds is 1. The lowest BCUT2D eigenvalue weighted by Gasteiger charge is -2.11. The van der Waals surface area contributed by atoms with Gasteiger partial charge in [-0.05, 0) is 6.07 Å². The SMILES string of the molecule is COC(=O)C1CS/C(=C2\C(=S)N(C)c3ccccc32)S1. The number of ether oxygens (including phenoxy) is 1. The molecule has 0 radical (unpaired) electrons. The number of benzene rings is 1. The third-order valence-corrected chi connectivity index (χ3v) is 6.70. The Morgan fingerprint density at radius 2 is 2.20 bits per heavy atom. The molecule has 104 valence electrons. The summed E-state index contributed by atoms with van der Waals surface area (Å²) in [6.07, 6.45) is 0. The first kappa shape index (κ1) is 14.0. The van der Waals surface area contributed by atoms with Crippen molar-refractivity contribution in [2.24, 2.45) is 0 Å². The van der Waals surface area contributed by atoms with E-state index in [0.717, 1.165) is 31.8 Å². The molecule has 1 fully saturated rings. The lowest BCUT2D eigenvalue weighted by Crippen LogP contribution is -2.19. The van der Waals surface area contributed by atoms with Crippen LogP contribution < -0.4 is 4.90 Å². The summed E-state index contributed by atoms with van der Waals surface area (Å²) in [5.41, 5.74) is 3.36. The van der Waals surface area contributed by atoms with Gasteiger partial charge in [0, 0.05) is 29.6 Å². The van der Waals surface area contributed by atoms with Crippen LogP contribution in [0.2, 0.25) is 0 Å². The van der Waals surface area contributed by atoms with E-state index in [1.54, 1.807) is 23.5 Å². The van der Waals surface area contributed by atoms with Crippen LogP contribution in [0.15, 0.2) is 28.5 Å². The van der Waals surface area contributed by atoms with Crippen molar-refractivity contribution < 1.29 is 9.53 Å². The minimum atomic E-state index is -0.163. The molecule has 20 heavy (non-hydrogen) atoms. The van der Waals surface area contributed by atoms with Crippen LogP contribution in [-0.4, -0.2) is 36.1 Å². The number of thiocarbonyl (C=S) groups is 1. The van der Waals surface area contributed by atoms with Gasteiger partial charge in [0.15, 0.2) is 0 Å². The predicted molar refractivity (Wildman–Crippen MR) is 90.2 cm³/mol. The molecule has 0 bridgehead atoms. The van der Waals surface area contributed by atoms with Crippen LogP contribution in [0.1, 0.15) is 5.56 Å². The number of carbonyl (C=O) groups is 1. The molecule has 6 heteroatoms. The smallest absolute Gasteiger partial charge is 0.320 e. The van der Waals surface area contributed by atoms with E-state index in [1.807, 2.05) is 24.1 Å². The molecule has 2 aliphatic heterocycles. The predicted octanol–water partition coefficient (Wildman–Crippen LogP) is 3.15. The fraction of sp³-hybridized carbons (Fsp3) is 0.286. The molecule has 0 aliphatic carbocycles. The molecule has 1 aromatic carbocycles. The van der Waals surface area contributed by atoms with Gasteiger partial charge in [0.1, 0.15) is 10.2 Å². The highest BCUT2D eigenvalue weighted by Crippen LogP contribution is 2.50. The lowest BCUT2D eigenvalue weighted by molar-refractivity contribution is -0.139. The van der Waals surface area contributed by atoms with E-state index in [2.05, 4.69) is 12.1 Å². The summed E-state index contributed by atoms with van der Waals surface area (Å²) in [6, 6.07) is 8.18. The van der Waals surface area contributed by atoms with E-state index >= 15 is 0 Å². The molecule has 3 nitrogen and oxygen atoms in total. The lowest BCUT2D eigenvalue weighted by atomic mass is 10.1. The molecule has 0 saturated carbocycles. The summed E-state index contributed by atoms with van der Waals surface area (Å²) >= 11 is 8.82. The number of fused-ring (bicyclic) bond motifs is 1. The molecule has 2 aliphatic rings. The average Bonchev–Trinajstić information content (AvgIpc) is 3.04. The number of nitrogens with zero attached hydrogens (tertiary/aromatic N) is 1. The zero-order valence-corrected chi connectivity index (χ0v) is 13.5. The molecular weight excluding hydrogens is 310 g/mol. The highest BCUT2D eigenvalue weighted by Gasteiger charge is 2.35. The number of esters is 1. The number of hydrogen-bond acceptors (Lipinski definition) is 5. The molecule has 3 rings (SSSR count). The largest absolute Gasteiger partial charge is 0.468 e. The van der Waals surface area contributed by atoms with Crippen molar-refractivity contribution in [1.82, 2.24) is 0 Å². The molecule has 0 amide bonds. The van der Waals surface area contributed by atoms with E-state index in [1.165, 1.54) is 7.11 Å². The van der Waals surface area contributed by atoms with E-state index in [0.29, 0.717) is 0 Å². The summed E-state index contributed by atoms with van der Waals surface area (Å²) in [6.45, 7) is 0. The van der Waals surface area contributed by atoms with Crippen LogP contribution in [0.25, 0.3) is 5.57 Å². The van der Waals surface area contributed by atoms with Gasteiger partial charge in [0.2, 0.25) is 0 Å². The first-order chi connectivity index (χ1) is 9.63. The van der Waals surface area contributed by atoms with E-state index in [9.17, 15) is 4.79 Å². The molecule has 1 saturated heterocycles. The second-order valence-electron chi connectivity index (χ2n) is 4.48. The fourth-order valence-corrected chi connectivity index (χ4v) is 5.60. The van der Waals surface area contributed by atoms with Crippen molar-refractivity contribution in [3.05, 3.63) is 34.1 Å². The Hall–Kier alpha value is -0.980. The van der Waals surface area contributed by atoms with Crippen molar-refractivity contribution in [2.75, 3.05) is 24.8 Å². The Bertz CT molecular complexity index is 627. The van der Waals surface area contributed by atoms with Crippen LogP contribution in [0.5, 0.6) is 0 Å². The molecule has 0 spiro atoms. The van der Waals surface area contributed by atoms with Gasteiger partial charge in [-0.3, -0.25) is 4.79 Å². The van der Waals surface area contributed by atoms with Crippen LogP contribution in [0.3, 0.4) is 0 Å². The van der Waals surface area contributed by atoms with Crippen molar-refractivity contribution in [3.8, 4) is 0 Å². The molecule has 0 N–H and O–H groups in total. The van der Waals surface area contributed by atoms with Crippen LogP contribution in [0, 0.1) is 0 Å². The number of para-hydroxylation sites is 1. The van der Waals surface area contributed by atoms with Gasteiger partial charge in [0.05, 0.1) is 11.3 Å². The first-order valence-electron chi connectivity index (χ1n) is 6.12. The van der Waals surface area contributed by atoms with Crippen molar-refractivity contribution in [1.29, 1.82) is 0 Å². The summed E-state index contributed by atoms with van der Waals surface area (Å²) in [4.78, 5) is 14.5. The average molecular weight is 323 g/mol. The monoisotopic (exact) mass is 323 g/mol. The van der Waals surface area contributed by atoms with E-state index < -0.39 is 0 Å². The molecular formula is C14H13NO2S3. The quantitative estimate of drug-likeness (QED) is 0.448. The van der Waals surface area contributed by atoms with Crippen molar-refractivity contribution in [2.45, 2.75) is 5.25 Å². The number of likely N-dealkylation sites (N-methyl/N-ethyl adjacent to an activating group) is 1. The summed E-state index contributed by atoms with van der Waals surface area (Å²) in [5, 5.41) is -0.131. The number of carbonyl (C=O) groups excluding carboxylic acids is 1. The van der Waals surface area contributed by atoms with Crippen LogP contribution >= 0.6 is 35.7 Å². The summed E-state index contributed by atoms with van der Waals surface area (Å²) < 4.78 is 5.95. The maximum Gasteiger partial charge on any atom is 0.320 e. The fourth-order valence-electron chi connectivity index (χ4n) is 2.29. The Balaban J connectivity index is 2.01. The third-order valence-electron chi connectivity index (χ3n) is 3.34. The number of thioether (sulfide) groups is 2. The zero-order chi connectivity index (χ0) is 14.3. The Labute approximate surface area is 131 Å². The van der Waals surface area contributed by atoms with Gasteiger partial charge >= 0.3 is 5.97 Å². The normalized spacial score (nSPS) is 25.0. The highest BCUT2D eigenvalue weighted by molar-refractivity contribution is 8.26. The first-order valence-corrected chi connectivity index (χ1v) is 8.40. The Morgan fingerprint density at radius 1 is 1.45 bits per heavy atom. The number of anilines is 1. The summed E-state index contributed by atoms with van der Waals surface area (Å²) in [7, 11) is 3.42. The summed E-state index contributed by atoms with van der Waals surface area (Å²) in [5.74, 6) is 0.577. The van der Waals surface area contributed by atoms with E-state index in [4.69, 9.17) is 17.0 Å². The Kier molecular flexibility index (Phi) is 3.79. The minimum absolute atomic E-state index is 0.131. The van der Waals surface area contributed by atoms with Crippen molar-refractivity contribution in [3.63, 3.8) is 0 Å². The van der Waals surface area contributed by atoms with Gasteiger partial charge in [-0.2, -0.15) is 0 Å². The van der Waals surface area contributed by atoms with Crippen LogP contribution in [-0.2, 0) is 9.53 Å². The molecule has 0 aromatic heterocycles. The van der Waals surface area contributed by atoms with Gasteiger partial charge in [0.25, 0.3) is 0 Å². The van der Waals surface area contributed by atoms with Crippen molar-refractivity contribution >= 4 is 58.0 Å². The maximum absolute atomic E-state index is 11.6. The van der Waals surface area contributed by atoms with E-state index in [-0.39, 0.29) is 11.2 Å². The maximum atomic E-state index is 11.6. The van der Waals surface area contributed by atoms with Crippen LogP contribution in [0.4, 0.5) is 5.69 Å². The van der Waals surface area contributed by atoms with Gasteiger partial charge in [-0.15, -0.1) is 23.5 Å². The highest BCUT2D eigenvalue weighted by atomic mass is 32.2. The third kappa shape index (κ3) is 2.16. The van der Waals surface area contributed by atoms with Gasteiger partial charge in [-0.25, -0.2) is 0 Å². The molecule has 1 unspecified atom stereocenters. The van der Waals surface area contributed by atoms with Gasteiger partial charge in [-0.1, -0.05) is 30.4 Å². The molecule has 1 atom stereocenters. The topological polar surface area (TPSA) is 29.5 Å². The molecule has 2 heterocycles. The number of hydrogen-bond donors (Lipinski definition) is 0.